The minimum Gasteiger partial charge on any atom is -0.394 e. The van der Waals surface area contributed by atoms with Gasteiger partial charge in [0.2, 0.25) is 5.91 Å². The molecule has 2 heterocycles. The second-order valence-electron chi connectivity index (χ2n) is 8.08. The molecule has 31 heavy (non-hydrogen) atoms. The van der Waals surface area contributed by atoms with Crippen molar-refractivity contribution in [1.29, 1.82) is 5.41 Å². The van der Waals surface area contributed by atoms with E-state index in [-0.39, 0.29) is 17.8 Å². The number of rotatable bonds is 8. The van der Waals surface area contributed by atoms with Crippen LogP contribution in [0.15, 0.2) is 46.7 Å². The fraction of sp³-hybridized carbons (Fsp3) is 0.545. The maximum atomic E-state index is 14.7. The van der Waals surface area contributed by atoms with Gasteiger partial charge in [-0.3, -0.25) is 4.79 Å². The predicted octanol–water partition coefficient (Wildman–Crippen LogP) is 1.26. The largest absolute Gasteiger partial charge is 0.394 e. The number of carbonyl (C=O) groups is 1. The maximum Gasteiger partial charge on any atom is 0.219 e. The van der Waals surface area contributed by atoms with Crippen LogP contribution in [0.5, 0.6) is 0 Å². The van der Waals surface area contributed by atoms with Gasteiger partial charge in [-0.15, -0.1) is 0 Å². The number of halogens is 1. The van der Waals surface area contributed by atoms with Gasteiger partial charge < -0.3 is 36.7 Å². The van der Waals surface area contributed by atoms with Crippen LogP contribution >= 0.6 is 0 Å². The first-order valence-electron chi connectivity index (χ1n) is 10.7. The van der Waals surface area contributed by atoms with Gasteiger partial charge in [-0.25, -0.2) is 4.39 Å². The highest BCUT2D eigenvalue weighted by Gasteiger charge is 2.28. The standard InChI is InChI=1S/C22H33FN6O2/c1-14(30)29-7-5-21(27-17-6-8-31-13-17)19(12-29)22(25)28-16-3-4-18(20(23)9-16)15(10-24)11-26-2/h3,9-11,17-18,22,24,26-28H,4-8,12-13,25H2,1-2H3/b15-11+,24-10?. The molecular weight excluding hydrogens is 399 g/mol. The molecule has 0 saturated carbocycles. The Hall–Kier alpha value is -2.65. The van der Waals surface area contributed by atoms with Gasteiger partial charge in [0.25, 0.3) is 0 Å². The first-order chi connectivity index (χ1) is 14.9. The molecule has 0 radical (unpaired) electrons. The highest BCUT2D eigenvalue weighted by atomic mass is 19.1. The van der Waals surface area contributed by atoms with Crippen LogP contribution in [-0.2, 0) is 9.53 Å². The minimum atomic E-state index is -0.561. The number of nitrogens with two attached hydrogens (primary N) is 1. The van der Waals surface area contributed by atoms with E-state index in [1.807, 2.05) is 6.08 Å². The number of ether oxygens (including phenoxy) is 1. The molecule has 1 aliphatic carbocycles. The monoisotopic (exact) mass is 432 g/mol. The van der Waals surface area contributed by atoms with Gasteiger partial charge in [-0.05, 0) is 24.5 Å². The molecule has 1 saturated heterocycles. The normalized spacial score (nSPS) is 25.5. The summed E-state index contributed by atoms with van der Waals surface area (Å²) in [5.74, 6) is -0.783. The Balaban J connectivity index is 1.74. The highest BCUT2D eigenvalue weighted by Crippen LogP contribution is 2.30. The minimum absolute atomic E-state index is 0.00843. The van der Waals surface area contributed by atoms with Crippen LogP contribution in [0.1, 0.15) is 26.2 Å². The van der Waals surface area contributed by atoms with Crippen molar-refractivity contribution in [2.75, 3.05) is 33.4 Å². The van der Waals surface area contributed by atoms with E-state index in [0.717, 1.165) is 24.3 Å². The lowest BCUT2D eigenvalue weighted by molar-refractivity contribution is -0.128. The quantitative estimate of drug-likeness (QED) is 0.291. The summed E-state index contributed by atoms with van der Waals surface area (Å²) in [5, 5.41) is 17.1. The van der Waals surface area contributed by atoms with Crippen LogP contribution in [-0.4, -0.2) is 62.6 Å². The van der Waals surface area contributed by atoms with Crippen LogP contribution < -0.4 is 21.7 Å². The molecule has 8 nitrogen and oxygen atoms in total. The second-order valence-corrected chi connectivity index (χ2v) is 8.08. The van der Waals surface area contributed by atoms with E-state index >= 15 is 0 Å². The first kappa shape index (κ1) is 23.0. The lowest BCUT2D eigenvalue weighted by atomic mass is 9.91. The number of hydrogen-bond acceptors (Lipinski definition) is 7. The molecule has 0 spiro atoms. The highest BCUT2D eigenvalue weighted by molar-refractivity contribution is 5.77. The Morgan fingerprint density at radius 3 is 2.90 bits per heavy atom. The van der Waals surface area contributed by atoms with Gasteiger partial charge in [-0.2, -0.15) is 0 Å². The number of nitrogens with zero attached hydrogens (tertiary/aromatic N) is 1. The molecule has 6 N–H and O–H groups in total. The molecule has 0 aromatic rings. The zero-order valence-electron chi connectivity index (χ0n) is 18.2. The molecular formula is C22H33FN6O2. The van der Waals surface area contributed by atoms with Gasteiger partial charge in [0, 0.05) is 75.4 Å². The SMILES string of the molecule is CN/C=C(\C=N)C1CC=C(NC(N)C2=C(NC3CCOC3)CCN(C(C)=O)C2)C=C1F. The van der Waals surface area contributed by atoms with Crippen LogP contribution in [0, 0.1) is 11.3 Å². The van der Waals surface area contributed by atoms with Crippen LogP contribution in [0.4, 0.5) is 4.39 Å². The zero-order chi connectivity index (χ0) is 22.4. The molecule has 3 atom stereocenters. The van der Waals surface area contributed by atoms with Crippen molar-refractivity contribution in [2.45, 2.75) is 38.4 Å². The zero-order valence-corrected chi connectivity index (χ0v) is 18.2. The molecule has 0 aromatic heterocycles. The van der Waals surface area contributed by atoms with Crippen LogP contribution in [0.25, 0.3) is 0 Å². The third kappa shape index (κ3) is 5.74. The van der Waals surface area contributed by atoms with Gasteiger partial charge in [-0.1, -0.05) is 6.08 Å². The molecule has 1 fully saturated rings. The summed E-state index contributed by atoms with van der Waals surface area (Å²) in [6.45, 7) is 4.03. The molecule has 0 aromatic carbocycles. The van der Waals surface area contributed by atoms with E-state index in [4.69, 9.17) is 15.9 Å². The average molecular weight is 433 g/mol. The summed E-state index contributed by atoms with van der Waals surface area (Å²) in [6, 6.07) is 0.242. The van der Waals surface area contributed by atoms with Gasteiger partial charge in [0.1, 0.15) is 12.0 Å². The van der Waals surface area contributed by atoms with Gasteiger partial charge in [0.05, 0.1) is 12.6 Å². The van der Waals surface area contributed by atoms with E-state index < -0.39 is 12.1 Å². The number of hydrogen-bond donors (Lipinski definition) is 5. The third-order valence-corrected chi connectivity index (χ3v) is 5.91. The molecule has 3 rings (SSSR count). The van der Waals surface area contributed by atoms with E-state index in [1.165, 1.54) is 12.3 Å². The number of allylic oxidation sites excluding steroid dienone is 4. The van der Waals surface area contributed by atoms with E-state index in [9.17, 15) is 9.18 Å². The maximum absolute atomic E-state index is 14.7. The van der Waals surface area contributed by atoms with Crippen LogP contribution in [0.3, 0.4) is 0 Å². The lowest BCUT2D eigenvalue weighted by Crippen LogP contribution is -2.48. The van der Waals surface area contributed by atoms with Gasteiger partial charge >= 0.3 is 0 Å². The Bertz CT molecular complexity index is 813. The van der Waals surface area contributed by atoms with Crippen molar-refractivity contribution in [3.05, 3.63) is 46.7 Å². The topological polar surface area (TPSA) is 116 Å². The lowest BCUT2D eigenvalue weighted by Gasteiger charge is -2.35. The van der Waals surface area contributed by atoms with Crippen molar-refractivity contribution >= 4 is 12.1 Å². The fourth-order valence-corrected chi connectivity index (χ4v) is 4.14. The van der Waals surface area contributed by atoms with E-state index in [2.05, 4.69) is 16.0 Å². The molecule has 3 aliphatic rings. The number of carbonyl (C=O) groups excluding carboxylic acids is 1. The fourth-order valence-electron chi connectivity index (χ4n) is 4.14. The summed E-state index contributed by atoms with van der Waals surface area (Å²) >= 11 is 0. The van der Waals surface area contributed by atoms with Gasteiger partial charge in [0.15, 0.2) is 0 Å². The second kappa shape index (κ2) is 10.6. The molecule has 170 valence electrons. The Morgan fingerprint density at radius 1 is 1.48 bits per heavy atom. The summed E-state index contributed by atoms with van der Waals surface area (Å²) in [5.41, 5.74) is 9.61. The van der Waals surface area contributed by atoms with Crippen molar-refractivity contribution < 1.29 is 13.9 Å². The first-order valence-corrected chi connectivity index (χ1v) is 10.7. The smallest absolute Gasteiger partial charge is 0.219 e. The Kier molecular flexibility index (Phi) is 7.86. The van der Waals surface area contributed by atoms with Crippen molar-refractivity contribution in [3.8, 4) is 0 Å². The molecule has 1 amide bonds. The van der Waals surface area contributed by atoms with Crippen LogP contribution in [0.2, 0.25) is 0 Å². The molecule has 0 bridgehead atoms. The summed E-state index contributed by atoms with van der Waals surface area (Å²) < 4.78 is 20.2. The Labute approximate surface area is 183 Å². The number of nitrogens with one attached hydrogen (secondary N) is 4. The summed E-state index contributed by atoms with van der Waals surface area (Å²) in [6.07, 6.45) is 7.64. The molecule has 3 unspecified atom stereocenters. The summed E-state index contributed by atoms with van der Waals surface area (Å²) in [4.78, 5) is 13.7. The van der Waals surface area contributed by atoms with E-state index in [1.54, 1.807) is 25.1 Å². The Morgan fingerprint density at radius 2 is 2.29 bits per heavy atom. The third-order valence-electron chi connectivity index (χ3n) is 5.91. The summed E-state index contributed by atoms with van der Waals surface area (Å²) in [7, 11) is 1.72. The number of amides is 1. The average Bonchev–Trinajstić information content (AvgIpc) is 3.25. The van der Waals surface area contributed by atoms with E-state index in [0.29, 0.717) is 43.8 Å². The van der Waals surface area contributed by atoms with Crippen molar-refractivity contribution in [1.82, 2.24) is 20.9 Å². The van der Waals surface area contributed by atoms with Crippen molar-refractivity contribution in [2.24, 2.45) is 11.7 Å². The molecule has 2 aliphatic heterocycles. The molecule has 9 heteroatoms. The predicted molar refractivity (Wildman–Crippen MR) is 119 cm³/mol. The van der Waals surface area contributed by atoms with Crippen molar-refractivity contribution in [3.63, 3.8) is 0 Å².